The fourth-order valence-corrected chi connectivity index (χ4v) is 4.48. The minimum absolute atomic E-state index is 0.194. The fourth-order valence-electron chi connectivity index (χ4n) is 2.63. The number of carbonyl (C=O) groups is 1. The predicted molar refractivity (Wildman–Crippen MR) is 79.7 cm³/mol. The van der Waals surface area contributed by atoms with E-state index in [9.17, 15) is 13.2 Å². The Morgan fingerprint density at radius 2 is 2.10 bits per heavy atom. The number of benzene rings is 1. The first-order valence-corrected chi connectivity index (χ1v) is 8.49. The number of nitrogens with zero attached hydrogens (tertiary/aromatic N) is 1. The van der Waals surface area contributed by atoms with Crippen molar-refractivity contribution in [1.29, 1.82) is 0 Å². The zero-order valence-electron chi connectivity index (χ0n) is 12.6. The number of ether oxygens (including phenoxy) is 1. The number of piperidine rings is 1. The van der Waals surface area contributed by atoms with Crippen molar-refractivity contribution in [3.05, 3.63) is 29.3 Å². The standard InChI is InChI=1S/C15H21NO4S/c1-11-5-4-8-16(10-11)21(18,19)14-9-13(15(17)20-3)7-6-12(14)2/h6-7,9,11H,4-5,8,10H2,1-3H3. The van der Waals surface area contributed by atoms with Gasteiger partial charge in [0.2, 0.25) is 10.0 Å². The average Bonchev–Trinajstić information content (AvgIpc) is 2.46. The number of hydrogen-bond acceptors (Lipinski definition) is 4. The highest BCUT2D eigenvalue weighted by Crippen LogP contribution is 2.26. The molecule has 0 radical (unpaired) electrons. The van der Waals surface area contributed by atoms with Gasteiger partial charge in [0.25, 0.3) is 0 Å². The van der Waals surface area contributed by atoms with Crippen LogP contribution in [0.25, 0.3) is 0 Å². The van der Waals surface area contributed by atoms with Crippen LogP contribution >= 0.6 is 0 Å². The van der Waals surface area contributed by atoms with Crippen LogP contribution in [0.15, 0.2) is 23.1 Å². The SMILES string of the molecule is COC(=O)c1ccc(C)c(S(=O)(=O)N2CCCC(C)C2)c1. The summed E-state index contributed by atoms with van der Waals surface area (Å²) < 4.78 is 31.8. The quantitative estimate of drug-likeness (QED) is 0.803. The molecule has 1 heterocycles. The van der Waals surface area contributed by atoms with Crippen LogP contribution in [0.1, 0.15) is 35.7 Å². The second-order valence-corrected chi connectivity index (χ2v) is 7.49. The third-order valence-electron chi connectivity index (χ3n) is 3.85. The largest absolute Gasteiger partial charge is 0.465 e. The average molecular weight is 311 g/mol. The summed E-state index contributed by atoms with van der Waals surface area (Å²) in [5, 5.41) is 0. The van der Waals surface area contributed by atoms with Gasteiger partial charge in [0.15, 0.2) is 0 Å². The van der Waals surface area contributed by atoms with Crippen LogP contribution in [-0.2, 0) is 14.8 Å². The summed E-state index contributed by atoms with van der Waals surface area (Å²) in [5.74, 6) is -0.170. The zero-order valence-corrected chi connectivity index (χ0v) is 13.4. The summed E-state index contributed by atoms with van der Waals surface area (Å²) in [6, 6.07) is 4.64. The molecule has 0 bridgehead atoms. The molecule has 5 nitrogen and oxygen atoms in total. The van der Waals surface area contributed by atoms with Gasteiger partial charge < -0.3 is 4.74 Å². The molecule has 1 aliphatic rings. The van der Waals surface area contributed by atoms with E-state index in [1.807, 2.05) is 0 Å². The van der Waals surface area contributed by atoms with Crippen LogP contribution < -0.4 is 0 Å². The van der Waals surface area contributed by atoms with E-state index in [2.05, 4.69) is 11.7 Å². The minimum Gasteiger partial charge on any atom is -0.465 e. The van der Waals surface area contributed by atoms with Crippen molar-refractivity contribution >= 4 is 16.0 Å². The Labute approximate surface area is 126 Å². The molecule has 1 unspecified atom stereocenters. The molecule has 6 heteroatoms. The lowest BCUT2D eigenvalue weighted by Gasteiger charge is -2.30. The molecule has 0 saturated carbocycles. The molecular weight excluding hydrogens is 290 g/mol. The van der Waals surface area contributed by atoms with E-state index in [-0.39, 0.29) is 10.5 Å². The van der Waals surface area contributed by atoms with Crippen LogP contribution in [0.2, 0.25) is 0 Å². The summed E-state index contributed by atoms with van der Waals surface area (Å²) in [4.78, 5) is 11.8. The van der Waals surface area contributed by atoms with Crippen LogP contribution in [0.3, 0.4) is 0 Å². The van der Waals surface area contributed by atoms with Crippen molar-refractivity contribution in [1.82, 2.24) is 4.31 Å². The fraction of sp³-hybridized carbons (Fsp3) is 0.533. The van der Waals surface area contributed by atoms with E-state index in [4.69, 9.17) is 0 Å². The number of carbonyl (C=O) groups excluding carboxylic acids is 1. The normalized spacial score (nSPS) is 20.2. The molecule has 2 rings (SSSR count). The van der Waals surface area contributed by atoms with Crippen LogP contribution in [0.5, 0.6) is 0 Å². The maximum atomic E-state index is 12.8. The van der Waals surface area contributed by atoms with Crippen molar-refractivity contribution in [3.8, 4) is 0 Å². The van der Waals surface area contributed by atoms with Gasteiger partial charge >= 0.3 is 5.97 Å². The summed E-state index contributed by atoms with van der Waals surface area (Å²) in [7, 11) is -2.28. The second kappa shape index (κ2) is 6.15. The smallest absolute Gasteiger partial charge is 0.337 e. The van der Waals surface area contributed by atoms with E-state index >= 15 is 0 Å². The van der Waals surface area contributed by atoms with Crippen molar-refractivity contribution in [2.75, 3.05) is 20.2 Å². The monoisotopic (exact) mass is 311 g/mol. The molecule has 1 aliphatic heterocycles. The lowest BCUT2D eigenvalue weighted by Crippen LogP contribution is -2.39. The topological polar surface area (TPSA) is 63.7 Å². The molecule has 0 N–H and O–H groups in total. The molecular formula is C15H21NO4S. The first-order chi connectivity index (χ1) is 9.86. The number of hydrogen-bond donors (Lipinski definition) is 0. The van der Waals surface area contributed by atoms with Gasteiger partial charge in [-0.3, -0.25) is 0 Å². The molecule has 1 fully saturated rings. The Balaban J connectivity index is 2.41. The molecule has 116 valence electrons. The molecule has 21 heavy (non-hydrogen) atoms. The summed E-state index contributed by atoms with van der Waals surface area (Å²) >= 11 is 0. The van der Waals surface area contributed by atoms with Gasteiger partial charge in [-0.05, 0) is 43.4 Å². The molecule has 0 spiro atoms. The lowest BCUT2D eigenvalue weighted by atomic mass is 10.0. The Kier molecular flexibility index (Phi) is 4.68. The zero-order chi connectivity index (χ0) is 15.6. The van der Waals surface area contributed by atoms with Crippen molar-refractivity contribution in [3.63, 3.8) is 0 Å². The number of esters is 1. The molecule has 0 aromatic heterocycles. The Morgan fingerprint density at radius 3 is 2.71 bits per heavy atom. The number of methoxy groups -OCH3 is 1. The van der Waals surface area contributed by atoms with E-state index in [1.165, 1.54) is 17.5 Å². The van der Waals surface area contributed by atoms with Gasteiger partial charge in [-0.25, -0.2) is 13.2 Å². The first-order valence-electron chi connectivity index (χ1n) is 7.05. The third-order valence-corrected chi connectivity index (χ3v) is 5.85. The Bertz CT molecular complexity index is 639. The summed E-state index contributed by atoms with van der Waals surface area (Å²) in [6.07, 6.45) is 1.92. The molecule has 1 atom stereocenters. The van der Waals surface area contributed by atoms with E-state index in [1.54, 1.807) is 19.1 Å². The van der Waals surface area contributed by atoms with Gasteiger partial charge in [0.05, 0.1) is 17.6 Å². The maximum Gasteiger partial charge on any atom is 0.337 e. The molecule has 1 aromatic carbocycles. The van der Waals surface area contributed by atoms with E-state index in [0.29, 0.717) is 24.6 Å². The number of sulfonamides is 1. The van der Waals surface area contributed by atoms with E-state index in [0.717, 1.165) is 12.8 Å². The van der Waals surface area contributed by atoms with E-state index < -0.39 is 16.0 Å². The van der Waals surface area contributed by atoms with Crippen molar-refractivity contribution < 1.29 is 17.9 Å². The second-order valence-electron chi connectivity index (χ2n) is 5.58. The number of rotatable bonds is 3. The summed E-state index contributed by atoms with van der Waals surface area (Å²) in [5.41, 5.74) is 0.896. The maximum absolute atomic E-state index is 12.8. The van der Waals surface area contributed by atoms with Gasteiger partial charge in [0.1, 0.15) is 0 Å². The van der Waals surface area contributed by atoms with Gasteiger partial charge in [-0.1, -0.05) is 13.0 Å². The van der Waals surface area contributed by atoms with Crippen molar-refractivity contribution in [2.45, 2.75) is 31.6 Å². The van der Waals surface area contributed by atoms with Gasteiger partial charge in [-0.2, -0.15) is 4.31 Å². The third kappa shape index (κ3) is 3.27. The highest BCUT2D eigenvalue weighted by Gasteiger charge is 2.30. The number of aryl methyl sites for hydroxylation is 1. The van der Waals surface area contributed by atoms with Crippen molar-refractivity contribution in [2.24, 2.45) is 5.92 Å². The van der Waals surface area contributed by atoms with Crippen LogP contribution in [0.4, 0.5) is 0 Å². The minimum atomic E-state index is -3.56. The molecule has 0 aliphatic carbocycles. The molecule has 1 aromatic rings. The van der Waals surface area contributed by atoms with Gasteiger partial charge in [-0.15, -0.1) is 0 Å². The molecule has 1 saturated heterocycles. The Morgan fingerprint density at radius 1 is 1.38 bits per heavy atom. The summed E-state index contributed by atoms with van der Waals surface area (Å²) in [6.45, 7) is 4.86. The van der Waals surface area contributed by atoms with Gasteiger partial charge in [0, 0.05) is 13.1 Å². The highest BCUT2D eigenvalue weighted by atomic mass is 32.2. The van der Waals surface area contributed by atoms with Crippen LogP contribution in [0, 0.1) is 12.8 Å². The molecule has 0 amide bonds. The first kappa shape index (κ1) is 16.0. The lowest BCUT2D eigenvalue weighted by molar-refractivity contribution is 0.0600. The Hall–Kier alpha value is -1.40. The highest BCUT2D eigenvalue weighted by molar-refractivity contribution is 7.89. The predicted octanol–water partition coefficient (Wildman–Crippen LogP) is 2.20. The van der Waals surface area contributed by atoms with Crippen LogP contribution in [-0.4, -0.2) is 38.9 Å².